The quantitative estimate of drug-likeness (QED) is 0.916. The fourth-order valence-corrected chi connectivity index (χ4v) is 1.74. The molecule has 2 aromatic rings. The van der Waals surface area contributed by atoms with E-state index in [1.54, 1.807) is 18.2 Å². The highest BCUT2D eigenvalue weighted by molar-refractivity contribution is 5.78. The van der Waals surface area contributed by atoms with Crippen LogP contribution in [0.25, 0.3) is 0 Å². The average molecular weight is 279 g/mol. The lowest BCUT2D eigenvalue weighted by atomic mass is 10.1. The van der Waals surface area contributed by atoms with Crippen molar-refractivity contribution in [3.8, 4) is 0 Å². The number of hydrogen-bond acceptors (Lipinski definition) is 1. The minimum Gasteiger partial charge on any atom is -0.352 e. The van der Waals surface area contributed by atoms with Gasteiger partial charge in [0.05, 0.1) is 6.42 Å². The minimum absolute atomic E-state index is 0.0221. The highest BCUT2D eigenvalue weighted by atomic mass is 19.1. The molecule has 0 saturated carbocycles. The van der Waals surface area contributed by atoms with Crippen LogP contribution >= 0.6 is 0 Å². The summed E-state index contributed by atoms with van der Waals surface area (Å²) in [5.41, 5.74) is 0.442. The van der Waals surface area contributed by atoms with Crippen LogP contribution < -0.4 is 5.32 Å². The Balaban J connectivity index is 1.94. The first-order valence-corrected chi connectivity index (χ1v) is 6.00. The van der Waals surface area contributed by atoms with Crippen molar-refractivity contribution in [2.75, 3.05) is 0 Å². The Hall–Kier alpha value is -2.30. The lowest BCUT2D eigenvalue weighted by Crippen LogP contribution is -2.25. The van der Waals surface area contributed by atoms with Gasteiger partial charge in [0.2, 0.25) is 5.91 Å². The van der Waals surface area contributed by atoms with Crippen LogP contribution in [0.1, 0.15) is 11.1 Å². The molecule has 0 aliphatic rings. The maximum Gasteiger partial charge on any atom is 0.224 e. The van der Waals surface area contributed by atoms with Crippen LogP contribution in [-0.4, -0.2) is 5.91 Å². The van der Waals surface area contributed by atoms with Crippen molar-refractivity contribution in [2.45, 2.75) is 13.0 Å². The van der Waals surface area contributed by atoms with Gasteiger partial charge in [0.15, 0.2) is 0 Å². The van der Waals surface area contributed by atoms with Gasteiger partial charge in [-0.2, -0.15) is 0 Å². The molecule has 20 heavy (non-hydrogen) atoms. The molecule has 0 aliphatic heterocycles. The topological polar surface area (TPSA) is 29.1 Å². The van der Waals surface area contributed by atoms with Crippen molar-refractivity contribution in [2.24, 2.45) is 0 Å². The van der Waals surface area contributed by atoms with Crippen LogP contribution in [0, 0.1) is 17.5 Å². The van der Waals surface area contributed by atoms with Crippen LogP contribution in [0.3, 0.4) is 0 Å². The molecule has 0 bridgehead atoms. The van der Waals surface area contributed by atoms with Gasteiger partial charge in [0.1, 0.15) is 17.5 Å². The summed E-state index contributed by atoms with van der Waals surface area (Å²) in [4.78, 5) is 11.6. The molecule has 2 nitrogen and oxygen atoms in total. The zero-order chi connectivity index (χ0) is 14.5. The third-order valence-corrected chi connectivity index (χ3v) is 2.80. The number of carbonyl (C=O) groups excluding carboxylic acids is 1. The van der Waals surface area contributed by atoms with Gasteiger partial charge in [0, 0.05) is 18.2 Å². The summed E-state index contributed by atoms with van der Waals surface area (Å²) < 4.78 is 39.4. The zero-order valence-electron chi connectivity index (χ0n) is 10.5. The molecule has 0 aliphatic carbocycles. The zero-order valence-corrected chi connectivity index (χ0v) is 10.5. The van der Waals surface area contributed by atoms with E-state index < -0.39 is 23.4 Å². The van der Waals surface area contributed by atoms with Gasteiger partial charge in [-0.15, -0.1) is 0 Å². The number of benzene rings is 2. The van der Waals surface area contributed by atoms with E-state index in [0.717, 1.165) is 12.1 Å². The SMILES string of the molecule is O=C(Cc1ccc(F)cc1F)NCc1ccccc1F. The van der Waals surface area contributed by atoms with Gasteiger partial charge in [-0.1, -0.05) is 24.3 Å². The molecule has 0 aromatic heterocycles. The summed E-state index contributed by atoms with van der Waals surface area (Å²) in [7, 11) is 0. The highest BCUT2D eigenvalue weighted by Crippen LogP contribution is 2.10. The predicted octanol–water partition coefficient (Wildman–Crippen LogP) is 2.96. The molecular formula is C15H12F3NO. The van der Waals surface area contributed by atoms with Crippen molar-refractivity contribution < 1.29 is 18.0 Å². The van der Waals surface area contributed by atoms with Crippen molar-refractivity contribution >= 4 is 5.91 Å². The number of nitrogens with one attached hydrogen (secondary N) is 1. The van der Waals surface area contributed by atoms with E-state index in [4.69, 9.17) is 0 Å². The summed E-state index contributed by atoms with van der Waals surface area (Å²) in [5, 5.41) is 2.49. The summed E-state index contributed by atoms with van der Waals surface area (Å²) in [5.74, 6) is -2.34. The van der Waals surface area contributed by atoms with Crippen LogP contribution in [0.5, 0.6) is 0 Å². The first-order chi connectivity index (χ1) is 9.56. The van der Waals surface area contributed by atoms with Gasteiger partial charge in [-0.3, -0.25) is 4.79 Å². The molecule has 104 valence electrons. The van der Waals surface area contributed by atoms with Gasteiger partial charge in [-0.25, -0.2) is 13.2 Å². The Morgan fingerprint density at radius 2 is 1.70 bits per heavy atom. The van der Waals surface area contributed by atoms with Crippen molar-refractivity contribution in [1.82, 2.24) is 5.32 Å². The average Bonchev–Trinajstić information content (AvgIpc) is 2.41. The molecular weight excluding hydrogens is 267 g/mol. The maximum atomic E-state index is 13.4. The molecule has 0 heterocycles. The normalized spacial score (nSPS) is 10.3. The van der Waals surface area contributed by atoms with Crippen LogP contribution in [-0.2, 0) is 17.8 Å². The number of amides is 1. The van der Waals surface area contributed by atoms with E-state index in [-0.39, 0.29) is 18.5 Å². The second kappa shape index (κ2) is 6.23. The summed E-state index contributed by atoms with van der Waals surface area (Å²) in [6, 6.07) is 9.07. The second-order valence-electron chi connectivity index (χ2n) is 4.28. The molecule has 1 N–H and O–H groups in total. The van der Waals surface area contributed by atoms with Gasteiger partial charge >= 0.3 is 0 Å². The number of rotatable bonds is 4. The lowest BCUT2D eigenvalue weighted by molar-refractivity contribution is -0.120. The molecule has 1 amide bonds. The van der Waals surface area contributed by atoms with Crippen LogP contribution in [0.15, 0.2) is 42.5 Å². The van der Waals surface area contributed by atoms with E-state index >= 15 is 0 Å². The molecule has 0 radical (unpaired) electrons. The van der Waals surface area contributed by atoms with Crippen molar-refractivity contribution in [3.63, 3.8) is 0 Å². The number of hydrogen-bond donors (Lipinski definition) is 1. The molecule has 0 saturated heterocycles. The fraction of sp³-hybridized carbons (Fsp3) is 0.133. The molecule has 2 rings (SSSR count). The standard InChI is InChI=1S/C15H12F3NO/c16-12-6-5-10(14(18)8-12)7-15(20)19-9-11-3-1-2-4-13(11)17/h1-6,8H,7,9H2,(H,19,20). The van der Waals surface area contributed by atoms with Gasteiger partial charge in [0.25, 0.3) is 0 Å². The molecule has 0 spiro atoms. The highest BCUT2D eigenvalue weighted by Gasteiger charge is 2.09. The maximum absolute atomic E-state index is 13.4. The predicted molar refractivity (Wildman–Crippen MR) is 68.3 cm³/mol. The Bertz CT molecular complexity index is 628. The number of halogens is 3. The van der Waals surface area contributed by atoms with E-state index in [2.05, 4.69) is 5.32 Å². The van der Waals surface area contributed by atoms with E-state index in [9.17, 15) is 18.0 Å². The van der Waals surface area contributed by atoms with Crippen molar-refractivity contribution in [3.05, 3.63) is 71.0 Å². The number of carbonyl (C=O) groups is 1. The summed E-state index contributed by atoms with van der Waals surface area (Å²) >= 11 is 0. The Kier molecular flexibility index (Phi) is 4.40. The van der Waals surface area contributed by atoms with Gasteiger partial charge in [-0.05, 0) is 17.7 Å². The third kappa shape index (κ3) is 3.60. The fourth-order valence-electron chi connectivity index (χ4n) is 1.74. The van der Waals surface area contributed by atoms with E-state index in [0.29, 0.717) is 5.56 Å². The Labute approximate surface area is 114 Å². The summed E-state index contributed by atoms with van der Waals surface area (Å²) in [6.45, 7) is 0.0221. The van der Waals surface area contributed by atoms with Crippen LogP contribution in [0.4, 0.5) is 13.2 Å². The van der Waals surface area contributed by atoms with Gasteiger partial charge < -0.3 is 5.32 Å². The molecule has 5 heteroatoms. The van der Waals surface area contributed by atoms with E-state index in [1.165, 1.54) is 12.1 Å². The second-order valence-corrected chi connectivity index (χ2v) is 4.28. The first-order valence-electron chi connectivity index (χ1n) is 6.00. The minimum atomic E-state index is -0.772. The molecule has 0 fully saturated rings. The largest absolute Gasteiger partial charge is 0.352 e. The molecule has 0 unspecified atom stereocenters. The third-order valence-electron chi connectivity index (χ3n) is 2.80. The Morgan fingerprint density at radius 3 is 2.40 bits per heavy atom. The lowest BCUT2D eigenvalue weighted by Gasteiger charge is -2.07. The summed E-state index contributed by atoms with van der Waals surface area (Å²) in [6.07, 6.45) is -0.222. The smallest absolute Gasteiger partial charge is 0.224 e. The van der Waals surface area contributed by atoms with Crippen LogP contribution in [0.2, 0.25) is 0 Å². The van der Waals surface area contributed by atoms with Crippen molar-refractivity contribution in [1.29, 1.82) is 0 Å². The first kappa shape index (κ1) is 14.1. The molecule has 0 atom stereocenters. The monoisotopic (exact) mass is 279 g/mol. The van der Waals surface area contributed by atoms with E-state index in [1.807, 2.05) is 0 Å². The Morgan fingerprint density at radius 1 is 0.950 bits per heavy atom. The molecule has 2 aromatic carbocycles.